The Morgan fingerprint density at radius 3 is 2.38 bits per heavy atom. The van der Waals surface area contributed by atoms with E-state index in [1.54, 1.807) is 6.08 Å². The predicted octanol–water partition coefficient (Wildman–Crippen LogP) is 4.69. The number of rotatable bonds is 7. The molecule has 0 heterocycles. The Labute approximate surface area is 98.8 Å². The molecular formula is C15H20O. The second kappa shape index (κ2) is 9.78. The lowest BCUT2D eigenvalue weighted by Gasteiger charge is -2.06. The van der Waals surface area contributed by atoms with Crippen LogP contribution in [0.5, 0.6) is 0 Å². The van der Waals surface area contributed by atoms with E-state index in [-0.39, 0.29) is 0 Å². The summed E-state index contributed by atoms with van der Waals surface area (Å²) >= 11 is 0. The Morgan fingerprint density at radius 2 is 1.88 bits per heavy atom. The number of ether oxygens (including phenoxy) is 1. The Balaban J connectivity index is 4.70. The van der Waals surface area contributed by atoms with Gasteiger partial charge >= 0.3 is 0 Å². The molecular weight excluding hydrogens is 196 g/mol. The number of hydrogen-bond donors (Lipinski definition) is 0. The van der Waals surface area contributed by atoms with Crippen LogP contribution >= 0.6 is 0 Å². The van der Waals surface area contributed by atoms with Gasteiger partial charge in [-0.15, -0.1) is 6.58 Å². The van der Waals surface area contributed by atoms with Crippen molar-refractivity contribution in [2.45, 2.75) is 20.3 Å². The summed E-state index contributed by atoms with van der Waals surface area (Å²) in [7, 11) is 0. The molecule has 0 unspecified atom stereocenters. The van der Waals surface area contributed by atoms with Crippen molar-refractivity contribution in [2.75, 3.05) is 0 Å². The maximum atomic E-state index is 5.70. The molecule has 16 heavy (non-hydrogen) atoms. The van der Waals surface area contributed by atoms with Gasteiger partial charge in [-0.3, -0.25) is 0 Å². The van der Waals surface area contributed by atoms with E-state index in [1.807, 2.05) is 56.4 Å². The van der Waals surface area contributed by atoms with Gasteiger partial charge in [0.2, 0.25) is 0 Å². The fraction of sp³-hybridized carbons (Fsp3) is 0.200. The van der Waals surface area contributed by atoms with Gasteiger partial charge in [-0.2, -0.15) is 0 Å². The lowest BCUT2D eigenvalue weighted by Crippen LogP contribution is -1.88. The summed E-state index contributed by atoms with van der Waals surface area (Å²) in [5, 5.41) is 0. The average Bonchev–Trinajstić information content (AvgIpc) is 2.31. The van der Waals surface area contributed by atoms with E-state index in [0.717, 1.165) is 17.9 Å². The number of hydrogen-bond acceptors (Lipinski definition) is 1. The highest BCUT2D eigenvalue weighted by Gasteiger charge is 1.95. The quantitative estimate of drug-likeness (QED) is 0.341. The summed E-state index contributed by atoms with van der Waals surface area (Å²) < 4.78 is 5.70. The summed E-state index contributed by atoms with van der Waals surface area (Å²) in [6.07, 6.45) is 15.8. The van der Waals surface area contributed by atoms with Crippen molar-refractivity contribution in [2.24, 2.45) is 0 Å². The number of allylic oxidation sites excluding steroid dienone is 8. The van der Waals surface area contributed by atoms with E-state index in [1.165, 1.54) is 0 Å². The van der Waals surface area contributed by atoms with E-state index in [2.05, 4.69) is 13.2 Å². The minimum Gasteiger partial charge on any atom is -0.458 e. The Bertz CT molecular complexity index is 327. The molecule has 0 radical (unpaired) electrons. The van der Waals surface area contributed by atoms with Gasteiger partial charge in [0.1, 0.15) is 11.5 Å². The minimum atomic E-state index is 0.781. The largest absolute Gasteiger partial charge is 0.458 e. The van der Waals surface area contributed by atoms with Crippen LogP contribution in [0.3, 0.4) is 0 Å². The standard InChI is InChI=1S/C15H20O/c1-5-9-12-15(13-10-6-2)16-14(8-4)11-7-3/h5-9,11-13H,1-2,10H2,3-4H3/b11-7-,12-9-,14-8+,15-13+. The molecule has 0 aromatic heterocycles. The first kappa shape index (κ1) is 14.2. The molecule has 86 valence electrons. The van der Waals surface area contributed by atoms with Crippen molar-refractivity contribution >= 4 is 0 Å². The third-order valence-corrected chi connectivity index (χ3v) is 1.73. The van der Waals surface area contributed by atoms with E-state index in [0.29, 0.717) is 0 Å². The van der Waals surface area contributed by atoms with Gasteiger partial charge in [0.25, 0.3) is 0 Å². The Kier molecular flexibility index (Phi) is 8.71. The van der Waals surface area contributed by atoms with Gasteiger partial charge in [-0.05, 0) is 44.6 Å². The SMILES string of the molecule is C=C/C=C\C(=C/CC=C)OC(/C=C\C)=C/C. The topological polar surface area (TPSA) is 9.23 Å². The zero-order chi connectivity index (χ0) is 12.2. The fourth-order valence-electron chi connectivity index (χ4n) is 0.996. The van der Waals surface area contributed by atoms with Crippen LogP contribution in [0, 0.1) is 0 Å². The summed E-state index contributed by atoms with van der Waals surface area (Å²) in [4.78, 5) is 0. The normalized spacial score (nSPS) is 13.4. The molecule has 0 aliphatic heterocycles. The molecule has 0 fully saturated rings. The highest BCUT2D eigenvalue weighted by atomic mass is 16.5. The smallest absolute Gasteiger partial charge is 0.123 e. The zero-order valence-electron chi connectivity index (χ0n) is 10.1. The van der Waals surface area contributed by atoms with E-state index < -0.39 is 0 Å². The zero-order valence-corrected chi connectivity index (χ0v) is 10.1. The van der Waals surface area contributed by atoms with Crippen LogP contribution in [0.15, 0.2) is 73.3 Å². The highest BCUT2D eigenvalue weighted by molar-refractivity contribution is 5.22. The van der Waals surface area contributed by atoms with Crippen molar-refractivity contribution < 1.29 is 4.74 Å². The van der Waals surface area contributed by atoms with Gasteiger partial charge in [-0.25, -0.2) is 0 Å². The molecule has 0 aliphatic carbocycles. The second-order valence-electron chi connectivity index (χ2n) is 3.02. The van der Waals surface area contributed by atoms with Crippen LogP contribution in [0.4, 0.5) is 0 Å². The van der Waals surface area contributed by atoms with Crippen molar-refractivity contribution in [3.8, 4) is 0 Å². The van der Waals surface area contributed by atoms with E-state index in [4.69, 9.17) is 4.74 Å². The molecule has 0 atom stereocenters. The predicted molar refractivity (Wildman–Crippen MR) is 71.9 cm³/mol. The molecule has 0 N–H and O–H groups in total. The van der Waals surface area contributed by atoms with Crippen molar-refractivity contribution in [1.82, 2.24) is 0 Å². The third-order valence-electron chi connectivity index (χ3n) is 1.73. The molecule has 0 saturated carbocycles. The minimum absolute atomic E-state index is 0.781. The molecule has 1 heteroatoms. The van der Waals surface area contributed by atoms with E-state index >= 15 is 0 Å². The Hall–Kier alpha value is -1.76. The van der Waals surface area contributed by atoms with Crippen LogP contribution in [-0.4, -0.2) is 0 Å². The molecule has 0 spiro atoms. The molecule has 0 saturated heterocycles. The van der Waals surface area contributed by atoms with Crippen molar-refractivity contribution in [3.05, 3.63) is 73.3 Å². The molecule has 0 aromatic rings. The van der Waals surface area contributed by atoms with Crippen LogP contribution < -0.4 is 0 Å². The average molecular weight is 216 g/mol. The van der Waals surface area contributed by atoms with Gasteiger partial charge < -0.3 is 4.74 Å². The first-order valence-corrected chi connectivity index (χ1v) is 5.35. The second-order valence-corrected chi connectivity index (χ2v) is 3.02. The van der Waals surface area contributed by atoms with Crippen LogP contribution in [0.2, 0.25) is 0 Å². The first-order valence-electron chi connectivity index (χ1n) is 5.35. The molecule has 1 nitrogen and oxygen atoms in total. The summed E-state index contributed by atoms with van der Waals surface area (Å²) in [5.74, 6) is 1.62. The van der Waals surface area contributed by atoms with Crippen LogP contribution in [0.25, 0.3) is 0 Å². The third kappa shape index (κ3) is 6.66. The lowest BCUT2D eigenvalue weighted by atomic mass is 10.3. The maximum Gasteiger partial charge on any atom is 0.123 e. The fourth-order valence-corrected chi connectivity index (χ4v) is 0.996. The summed E-state index contributed by atoms with van der Waals surface area (Å²) in [6, 6.07) is 0. The van der Waals surface area contributed by atoms with Crippen molar-refractivity contribution in [1.29, 1.82) is 0 Å². The maximum absolute atomic E-state index is 5.70. The van der Waals surface area contributed by atoms with Crippen LogP contribution in [0.1, 0.15) is 20.3 Å². The van der Waals surface area contributed by atoms with E-state index in [9.17, 15) is 0 Å². The van der Waals surface area contributed by atoms with Gasteiger partial charge in [0.05, 0.1) is 0 Å². The van der Waals surface area contributed by atoms with Gasteiger partial charge in [0, 0.05) is 0 Å². The van der Waals surface area contributed by atoms with Gasteiger partial charge in [-0.1, -0.05) is 30.9 Å². The van der Waals surface area contributed by atoms with Crippen molar-refractivity contribution in [3.63, 3.8) is 0 Å². The molecule has 0 bridgehead atoms. The lowest BCUT2D eigenvalue weighted by molar-refractivity contribution is 0.334. The summed E-state index contributed by atoms with van der Waals surface area (Å²) in [6.45, 7) is 11.2. The molecule has 0 rings (SSSR count). The van der Waals surface area contributed by atoms with Crippen LogP contribution in [-0.2, 0) is 4.74 Å². The molecule has 0 aliphatic rings. The summed E-state index contributed by atoms with van der Waals surface area (Å²) in [5.41, 5.74) is 0. The monoisotopic (exact) mass is 216 g/mol. The highest BCUT2D eigenvalue weighted by Crippen LogP contribution is 2.10. The first-order chi connectivity index (χ1) is 7.78. The molecule has 0 amide bonds. The Morgan fingerprint density at radius 1 is 1.12 bits per heavy atom. The van der Waals surface area contributed by atoms with Gasteiger partial charge in [0.15, 0.2) is 0 Å². The molecule has 0 aromatic carbocycles.